The summed E-state index contributed by atoms with van der Waals surface area (Å²) in [4.78, 5) is 14.2. The molecular formula is C19H26N4O. The van der Waals surface area contributed by atoms with E-state index >= 15 is 0 Å². The maximum absolute atomic E-state index is 12.3. The molecule has 3 rings (SSSR count). The molecule has 1 saturated heterocycles. The van der Waals surface area contributed by atoms with Crippen LogP contribution >= 0.6 is 0 Å². The number of aryl methyl sites for hydroxylation is 3. The first kappa shape index (κ1) is 16.6. The summed E-state index contributed by atoms with van der Waals surface area (Å²) >= 11 is 0. The van der Waals surface area contributed by atoms with Crippen molar-refractivity contribution in [3.05, 3.63) is 47.7 Å². The Hall–Kier alpha value is -2.30. The van der Waals surface area contributed by atoms with Crippen molar-refractivity contribution in [2.75, 3.05) is 18.4 Å². The van der Waals surface area contributed by atoms with Crippen molar-refractivity contribution in [3.8, 4) is 0 Å². The zero-order valence-corrected chi connectivity index (χ0v) is 14.5. The monoisotopic (exact) mass is 326 g/mol. The molecule has 1 aromatic heterocycles. The summed E-state index contributed by atoms with van der Waals surface area (Å²) in [6, 6.07) is 12.5. The van der Waals surface area contributed by atoms with Gasteiger partial charge in [-0.05, 0) is 44.1 Å². The third-order valence-electron chi connectivity index (χ3n) is 4.93. The standard InChI is InChI=1S/C19H26N4O/c1-15-14-18(21-22(15)2)20-19(24)23-12-10-17(11-13-23)9-8-16-6-4-3-5-7-16/h3-7,14,17H,8-13H2,1-2H3,(H,20,21,24). The van der Waals surface area contributed by atoms with Gasteiger partial charge in [0.2, 0.25) is 0 Å². The predicted molar refractivity (Wildman–Crippen MR) is 96.0 cm³/mol. The second kappa shape index (κ2) is 7.51. The minimum atomic E-state index is -0.0328. The topological polar surface area (TPSA) is 50.2 Å². The van der Waals surface area contributed by atoms with Gasteiger partial charge in [-0.1, -0.05) is 30.3 Å². The van der Waals surface area contributed by atoms with Crippen LogP contribution in [0.15, 0.2) is 36.4 Å². The molecule has 2 aromatic rings. The number of aromatic nitrogens is 2. The van der Waals surface area contributed by atoms with Crippen LogP contribution in [0.5, 0.6) is 0 Å². The van der Waals surface area contributed by atoms with Gasteiger partial charge >= 0.3 is 6.03 Å². The molecular weight excluding hydrogens is 300 g/mol. The third-order valence-corrected chi connectivity index (χ3v) is 4.93. The highest BCUT2D eigenvalue weighted by atomic mass is 16.2. The Morgan fingerprint density at radius 2 is 1.96 bits per heavy atom. The number of anilines is 1. The molecule has 0 atom stereocenters. The highest BCUT2D eigenvalue weighted by Gasteiger charge is 2.23. The van der Waals surface area contributed by atoms with Crippen molar-refractivity contribution in [2.24, 2.45) is 13.0 Å². The largest absolute Gasteiger partial charge is 0.324 e. The molecule has 5 heteroatoms. The van der Waals surface area contributed by atoms with Crippen LogP contribution in [0.3, 0.4) is 0 Å². The molecule has 128 valence electrons. The smallest absolute Gasteiger partial charge is 0.323 e. The molecule has 5 nitrogen and oxygen atoms in total. The van der Waals surface area contributed by atoms with Gasteiger partial charge in [0, 0.05) is 31.9 Å². The summed E-state index contributed by atoms with van der Waals surface area (Å²) in [5.74, 6) is 1.34. The SMILES string of the molecule is Cc1cc(NC(=O)N2CCC(CCc3ccccc3)CC2)nn1C. The van der Waals surface area contributed by atoms with E-state index in [0.717, 1.165) is 38.0 Å². The fourth-order valence-corrected chi connectivity index (χ4v) is 3.25. The normalized spacial score (nSPS) is 15.5. The number of rotatable bonds is 4. The molecule has 0 spiro atoms. The highest BCUT2D eigenvalue weighted by molar-refractivity contribution is 5.88. The quantitative estimate of drug-likeness (QED) is 0.933. The number of carbonyl (C=O) groups excluding carboxylic acids is 1. The summed E-state index contributed by atoms with van der Waals surface area (Å²) in [7, 11) is 1.88. The summed E-state index contributed by atoms with van der Waals surface area (Å²) < 4.78 is 1.77. The molecule has 1 fully saturated rings. The van der Waals surface area contributed by atoms with Crippen LogP contribution in [0.1, 0.15) is 30.5 Å². The van der Waals surface area contributed by atoms with Crippen LogP contribution in [0, 0.1) is 12.8 Å². The van der Waals surface area contributed by atoms with Crippen molar-refractivity contribution in [1.82, 2.24) is 14.7 Å². The fraction of sp³-hybridized carbons (Fsp3) is 0.474. The van der Waals surface area contributed by atoms with E-state index in [1.165, 1.54) is 12.0 Å². The van der Waals surface area contributed by atoms with Crippen molar-refractivity contribution in [3.63, 3.8) is 0 Å². The lowest BCUT2D eigenvalue weighted by Gasteiger charge is -2.31. The number of nitrogens with zero attached hydrogens (tertiary/aromatic N) is 3. The molecule has 1 aliphatic heterocycles. The maximum Gasteiger partial charge on any atom is 0.323 e. The van der Waals surface area contributed by atoms with Crippen LogP contribution < -0.4 is 5.32 Å². The lowest BCUT2D eigenvalue weighted by molar-refractivity contribution is 0.180. The Balaban J connectivity index is 1.43. The Morgan fingerprint density at radius 1 is 1.25 bits per heavy atom. The van der Waals surface area contributed by atoms with Gasteiger partial charge in [0.25, 0.3) is 0 Å². The second-order valence-electron chi connectivity index (χ2n) is 6.68. The Morgan fingerprint density at radius 3 is 2.58 bits per heavy atom. The van der Waals surface area contributed by atoms with E-state index in [1.54, 1.807) is 4.68 Å². The molecule has 0 aliphatic carbocycles. The van der Waals surface area contributed by atoms with Gasteiger partial charge in [-0.3, -0.25) is 10.00 Å². The number of nitrogens with one attached hydrogen (secondary N) is 1. The van der Waals surface area contributed by atoms with Crippen LogP contribution in [-0.4, -0.2) is 33.8 Å². The van der Waals surface area contributed by atoms with E-state index in [-0.39, 0.29) is 6.03 Å². The number of hydrogen-bond donors (Lipinski definition) is 1. The van der Waals surface area contributed by atoms with Crippen molar-refractivity contribution in [1.29, 1.82) is 0 Å². The predicted octanol–water partition coefficient (Wildman–Crippen LogP) is 3.61. The second-order valence-corrected chi connectivity index (χ2v) is 6.68. The number of amides is 2. The van der Waals surface area contributed by atoms with Crippen LogP contribution in [0.25, 0.3) is 0 Å². The van der Waals surface area contributed by atoms with Gasteiger partial charge in [0.05, 0.1) is 0 Å². The Bertz CT molecular complexity index is 652. The average molecular weight is 326 g/mol. The molecule has 0 radical (unpaired) electrons. The van der Waals surface area contributed by atoms with E-state index in [1.807, 2.05) is 24.9 Å². The van der Waals surface area contributed by atoms with Gasteiger partial charge in [-0.25, -0.2) is 4.79 Å². The van der Waals surface area contributed by atoms with Crippen molar-refractivity contribution < 1.29 is 4.79 Å². The molecule has 2 heterocycles. The van der Waals surface area contributed by atoms with Gasteiger partial charge in [-0.15, -0.1) is 0 Å². The molecule has 24 heavy (non-hydrogen) atoms. The maximum atomic E-state index is 12.3. The lowest BCUT2D eigenvalue weighted by Crippen LogP contribution is -2.41. The number of hydrogen-bond acceptors (Lipinski definition) is 2. The number of likely N-dealkylation sites (tertiary alicyclic amines) is 1. The van der Waals surface area contributed by atoms with Crippen molar-refractivity contribution >= 4 is 11.8 Å². The number of benzene rings is 1. The molecule has 2 amide bonds. The molecule has 1 N–H and O–H groups in total. The molecule has 0 unspecified atom stereocenters. The van der Waals surface area contributed by atoms with Gasteiger partial charge < -0.3 is 4.90 Å². The van der Waals surface area contributed by atoms with Crippen LogP contribution in [-0.2, 0) is 13.5 Å². The first-order chi connectivity index (χ1) is 11.6. The van der Waals surface area contributed by atoms with E-state index in [0.29, 0.717) is 11.7 Å². The highest BCUT2D eigenvalue weighted by Crippen LogP contribution is 2.23. The summed E-state index contributed by atoms with van der Waals surface area (Å²) in [6.45, 7) is 3.63. The number of urea groups is 1. The first-order valence-electron chi connectivity index (χ1n) is 8.72. The van der Waals surface area contributed by atoms with Gasteiger partial charge in [0.15, 0.2) is 5.82 Å². The van der Waals surface area contributed by atoms with E-state index in [9.17, 15) is 4.79 Å². The Labute approximate surface area is 143 Å². The minimum absolute atomic E-state index is 0.0328. The van der Waals surface area contributed by atoms with Gasteiger partial charge in [0.1, 0.15) is 0 Å². The van der Waals surface area contributed by atoms with E-state index in [4.69, 9.17) is 0 Å². The first-order valence-corrected chi connectivity index (χ1v) is 8.72. The summed E-state index contributed by atoms with van der Waals surface area (Å²) in [5, 5.41) is 7.18. The third kappa shape index (κ3) is 4.16. The van der Waals surface area contributed by atoms with Gasteiger partial charge in [-0.2, -0.15) is 5.10 Å². The fourth-order valence-electron chi connectivity index (χ4n) is 3.25. The summed E-state index contributed by atoms with van der Waals surface area (Å²) in [5.41, 5.74) is 2.44. The summed E-state index contributed by atoms with van der Waals surface area (Å²) in [6.07, 6.45) is 4.51. The minimum Gasteiger partial charge on any atom is -0.324 e. The molecule has 0 bridgehead atoms. The average Bonchev–Trinajstić information content (AvgIpc) is 2.92. The lowest BCUT2D eigenvalue weighted by atomic mass is 9.91. The number of piperidine rings is 1. The zero-order chi connectivity index (χ0) is 16.9. The molecule has 0 saturated carbocycles. The van der Waals surface area contributed by atoms with E-state index < -0.39 is 0 Å². The zero-order valence-electron chi connectivity index (χ0n) is 14.5. The molecule has 1 aliphatic rings. The van der Waals surface area contributed by atoms with E-state index in [2.05, 4.69) is 40.7 Å². The number of carbonyl (C=O) groups is 1. The Kier molecular flexibility index (Phi) is 5.18. The van der Waals surface area contributed by atoms with Crippen LogP contribution in [0.2, 0.25) is 0 Å². The molecule has 1 aromatic carbocycles. The van der Waals surface area contributed by atoms with Crippen molar-refractivity contribution in [2.45, 2.75) is 32.6 Å². The van der Waals surface area contributed by atoms with Crippen LogP contribution in [0.4, 0.5) is 10.6 Å².